The van der Waals surface area contributed by atoms with Gasteiger partial charge in [0.05, 0.1) is 19.4 Å². The molecular formula is C21H20N2O6. The molecule has 0 aromatic heterocycles. The zero-order valence-electron chi connectivity index (χ0n) is 16.0. The SMILES string of the molecule is CCOC(=O)COc1ccc(/C=C2/C(=O)NN(c3ccccc3)C2=O)cc1OC. The number of nitrogens with zero attached hydrogens (tertiary/aromatic N) is 1. The summed E-state index contributed by atoms with van der Waals surface area (Å²) in [6.07, 6.45) is 1.47. The van der Waals surface area contributed by atoms with Gasteiger partial charge in [-0.3, -0.25) is 15.0 Å². The highest BCUT2D eigenvalue weighted by atomic mass is 16.6. The molecule has 0 bridgehead atoms. The van der Waals surface area contributed by atoms with Gasteiger partial charge >= 0.3 is 5.97 Å². The Morgan fingerprint density at radius 1 is 1.10 bits per heavy atom. The number of carbonyl (C=O) groups excluding carboxylic acids is 3. The summed E-state index contributed by atoms with van der Waals surface area (Å²) in [5.41, 5.74) is 3.67. The first-order chi connectivity index (χ1) is 14.0. The maximum atomic E-state index is 12.6. The van der Waals surface area contributed by atoms with Crippen LogP contribution in [0.15, 0.2) is 54.1 Å². The standard InChI is InChI=1S/C21H20N2O6/c1-3-28-19(24)13-29-17-10-9-14(12-18(17)27-2)11-16-20(25)22-23(21(16)26)15-7-5-4-6-8-15/h4-12H,3,13H2,1-2H3,(H,22,25)/b16-11-. The Bertz CT molecular complexity index is 955. The molecule has 1 aliphatic heterocycles. The van der Waals surface area contributed by atoms with Gasteiger partial charge in [-0.05, 0) is 42.8 Å². The Labute approximate surface area is 167 Å². The minimum absolute atomic E-state index is 0.00361. The fraction of sp³-hybridized carbons (Fsp3) is 0.190. The number of hydrogen-bond donors (Lipinski definition) is 1. The van der Waals surface area contributed by atoms with E-state index in [1.54, 1.807) is 49.4 Å². The summed E-state index contributed by atoms with van der Waals surface area (Å²) < 4.78 is 15.5. The van der Waals surface area contributed by atoms with Gasteiger partial charge in [0, 0.05) is 0 Å². The van der Waals surface area contributed by atoms with Gasteiger partial charge in [-0.1, -0.05) is 24.3 Å². The second kappa shape index (κ2) is 8.92. The van der Waals surface area contributed by atoms with Crippen molar-refractivity contribution < 1.29 is 28.6 Å². The van der Waals surface area contributed by atoms with Crippen LogP contribution in [0.4, 0.5) is 5.69 Å². The molecule has 1 N–H and O–H groups in total. The highest BCUT2D eigenvalue weighted by Crippen LogP contribution is 2.30. The van der Waals surface area contributed by atoms with Gasteiger partial charge in [-0.15, -0.1) is 0 Å². The number of methoxy groups -OCH3 is 1. The average molecular weight is 396 g/mol. The van der Waals surface area contributed by atoms with E-state index in [1.807, 2.05) is 6.07 Å². The van der Waals surface area contributed by atoms with Crippen LogP contribution in [0.1, 0.15) is 12.5 Å². The van der Waals surface area contributed by atoms with Crippen molar-refractivity contribution in [3.63, 3.8) is 0 Å². The van der Waals surface area contributed by atoms with E-state index in [0.29, 0.717) is 22.7 Å². The van der Waals surface area contributed by atoms with Crippen LogP contribution >= 0.6 is 0 Å². The Hall–Kier alpha value is -3.81. The third-order valence-electron chi connectivity index (χ3n) is 4.06. The molecule has 1 heterocycles. The van der Waals surface area contributed by atoms with E-state index < -0.39 is 17.8 Å². The maximum Gasteiger partial charge on any atom is 0.344 e. The van der Waals surface area contributed by atoms with E-state index in [0.717, 1.165) is 0 Å². The van der Waals surface area contributed by atoms with Crippen molar-refractivity contribution in [1.29, 1.82) is 0 Å². The summed E-state index contributed by atoms with van der Waals surface area (Å²) >= 11 is 0. The predicted octanol–water partition coefficient (Wildman–Crippen LogP) is 2.10. The van der Waals surface area contributed by atoms with Crippen molar-refractivity contribution in [1.82, 2.24) is 5.43 Å². The third-order valence-corrected chi connectivity index (χ3v) is 4.06. The lowest BCUT2D eigenvalue weighted by atomic mass is 10.1. The molecule has 2 aromatic carbocycles. The second-order valence-electron chi connectivity index (χ2n) is 5.98. The lowest BCUT2D eigenvalue weighted by Gasteiger charge is -2.13. The Morgan fingerprint density at radius 3 is 2.55 bits per heavy atom. The lowest BCUT2D eigenvalue weighted by Crippen LogP contribution is -2.35. The van der Waals surface area contributed by atoms with Crippen LogP contribution in [0.2, 0.25) is 0 Å². The maximum absolute atomic E-state index is 12.6. The summed E-state index contributed by atoms with van der Waals surface area (Å²) in [5.74, 6) is -0.747. The topological polar surface area (TPSA) is 94.2 Å². The molecule has 3 rings (SSSR count). The Kier molecular flexibility index (Phi) is 6.13. The van der Waals surface area contributed by atoms with Gasteiger partial charge in [0.1, 0.15) is 5.57 Å². The number of hydrogen-bond acceptors (Lipinski definition) is 6. The third kappa shape index (κ3) is 4.55. The zero-order chi connectivity index (χ0) is 20.8. The monoisotopic (exact) mass is 396 g/mol. The van der Waals surface area contributed by atoms with Gasteiger partial charge in [-0.2, -0.15) is 0 Å². The molecule has 0 saturated carbocycles. The van der Waals surface area contributed by atoms with E-state index in [9.17, 15) is 14.4 Å². The molecule has 8 nitrogen and oxygen atoms in total. The average Bonchev–Trinajstić information content (AvgIpc) is 3.01. The number of hydrazine groups is 1. The van der Waals surface area contributed by atoms with Crippen LogP contribution in [0.5, 0.6) is 11.5 Å². The normalized spacial score (nSPS) is 14.7. The number of ether oxygens (including phenoxy) is 3. The highest BCUT2D eigenvalue weighted by molar-refractivity contribution is 6.31. The summed E-state index contributed by atoms with van der Waals surface area (Å²) in [4.78, 5) is 36.4. The van der Waals surface area contributed by atoms with Crippen molar-refractivity contribution >= 4 is 29.5 Å². The Balaban J connectivity index is 1.80. The molecule has 0 atom stereocenters. The van der Waals surface area contributed by atoms with Crippen molar-refractivity contribution in [2.24, 2.45) is 0 Å². The molecular weight excluding hydrogens is 376 g/mol. The smallest absolute Gasteiger partial charge is 0.344 e. The molecule has 0 aliphatic carbocycles. The zero-order valence-corrected chi connectivity index (χ0v) is 16.0. The summed E-state index contributed by atoms with van der Waals surface area (Å²) in [6, 6.07) is 13.7. The number of nitrogens with one attached hydrogen (secondary N) is 1. The molecule has 1 saturated heterocycles. The number of esters is 1. The van der Waals surface area contributed by atoms with Gasteiger partial charge in [0.15, 0.2) is 18.1 Å². The fourth-order valence-corrected chi connectivity index (χ4v) is 2.72. The molecule has 1 aliphatic rings. The van der Waals surface area contributed by atoms with E-state index in [1.165, 1.54) is 18.2 Å². The quantitative estimate of drug-likeness (QED) is 0.438. The number of rotatable bonds is 7. The molecule has 150 valence electrons. The van der Waals surface area contributed by atoms with Gasteiger partial charge in [0.2, 0.25) is 0 Å². The van der Waals surface area contributed by atoms with Crippen LogP contribution in [0.25, 0.3) is 6.08 Å². The molecule has 2 amide bonds. The first kappa shape index (κ1) is 19.9. The van der Waals surface area contributed by atoms with Crippen LogP contribution in [-0.2, 0) is 19.1 Å². The number of benzene rings is 2. The van der Waals surface area contributed by atoms with E-state index in [-0.39, 0.29) is 18.8 Å². The van der Waals surface area contributed by atoms with Crippen molar-refractivity contribution in [3.8, 4) is 11.5 Å². The van der Waals surface area contributed by atoms with Crippen LogP contribution < -0.4 is 19.9 Å². The fourth-order valence-electron chi connectivity index (χ4n) is 2.72. The largest absolute Gasteiger partial charge is 0.493 e. The minimum atomic E-state index is -0.500. The van der Waals surface area contributed by atoms with E-state index >= 15 is 0 Å². The van der Waals surface area contributed by atoms with E-state index in [4.69, 9.17) is 14.2 Å². The lowest BCUT2D eigenvalue weighted by molar-refractivity contribution is -0.145. The van der Waals surface area contributed by atoms with E-state index in [2.05, 4.69) is 5.43 Å². The summed E-state index contributed by atoms with van der Waals surface area (Å²) in [7, 11) is 1.45. The van der Waals surface area contributed by atoms with Crippen LogP contribution in [-0.4, -0.2) is 38.1 Å². The second-order valence-corrected chi connectivity index (χ2v) is 5.98. The van der Waals surface area contributed by atoms with Crippen molar-refractivity contribution in [2.45, 2.75) is 6.92 Å². The van der Waals surface area contributed by atoms with Crippen LogP contribution in [0, 0.1) is 0 Å². The van der Waals surface area contributed by atoms with Gasteiger partial charge < -0.3 is 14.2 Å². The van der Waals surface area contributed by atoms with Gasteiger partial charge in [0.25, 0.3) is 11.8 Å². The minimum Gasteiger partial charge on any atom is -0.493 e. The predicted molar refractivity (Wildman–Crippen MR) is 105 cm³/mol. The summed E-state index contributed by atoms with van der Waals surface area (Å²) in [5, 5.41) is 1.20. The molecule has 1 fully saturated rings. The molecule has 29 heavy (non-hydrogen) atoms. The number of para-hydroxylation sites is 1. The van der Waals surface area contributed by atoms with Crippen molar-refractivity contribution in [2.75, 3.05) is 25.3 Å². The molecule has 0 unspecified atom stereocenters. The number of amides is 2. The van der Waals surface area contributed by atoms with Gasteiger partial charge in [-0.25, -0.2) is 9.80 Å². The molecule has 2 aromatic rings. The first-order valence-corrected chi connectivity index (χ1v) is 8.92. The molecule has 0 spiro atoms. The van der Waals surface area contributed by atoms with Crippen molar-refractivity contribution in [3.05, 3.63) is 59.7 Å². The first-order valence-electron chi connectivity index (χ1n) is 8.92. The number of carbonyl (C=O) groups is 3. The number of anilines is 1. The molecule has 0 radical (unpaired) electrons. The Morgan fingerprint density at radius 2 is 1.86 bits per heavy atom. The molecule has 8 heteroatoms. The highest BCUT2D eigenvalue weighted by Gasteiger charge is 2.34. The van der Waals surface area contributed by atoms with Crippen LogP contribution in [0.3, 0.4) is 0 Å². The summed E-state index contributed by atoms with van der Waals surface area (Å²) in [6.45, 7) is 1.72.